The zero-order valence-electron chi connectivity index (χ0n) is 23.3. The number of nitrogens with one attached hydrogen (secondary N) is 1. The fourth-order valence-corrected chi connectivity index (χ4v) is 5.25. The van der Waals surface area contributed by atoms with E-state index in [2.05, 4.69) is 20.1 Å². The van der Waals surface area contributed by atoms with Crippen LogP contribution in [-0.4, -0.2) is 66.4 Å². The molecule has 2 saturated heterocycles. The molecule has 2 aliphatic heterocycles. The highest BCUT2D eigenvalue weighted by Gasteiger charge is 2.28. The van der Waals surface area contributed by atoms with E-state index >= 15 is 0 Å². The van der Waals surface area contributed by atoms with E-state index in [1.165, 1.54) is 0 Å². The van der Waals surface area contributed by atoms with E-state index < -0.39 is 0 Å². The van der Waals surface area contributed by atoms with Gasteiger partial charge in [-0.1, -0.05) is 18.2 Å². The summed E-state index contributed by atoms with van der Waals surface area (Å²) in [5, 5.41) is 3.31. The maximum atomic E-state index is 12.3. The van der Waals surface area contributed by atoms with Crippen LogP contribution in [0.4, 0.5) is 23.3 Å². The van der Waals surface area contributed by atoms with Crippen molar-refractivity contribution in [3.05, 3.63) is 54.9 Å². The number of piperidine rings is 2. The summed E-state index contributed by atoms with van der Waals surface area (Å²) in [6, 6.07) is 13.7. The Kier molecular flexibility index (Phi) is 9.15. The average Bonchev–Trinajstić information content (AvgIpc) is 2.99. The Balaban J connectivity index is 1.23. The smallest absolute Gasteiger partial charge is 0.310 e. The van der Waals surface area contributed by atoms with E-state index in [0.717, 1.165) is 61.9 Å². The first-order valence-corrected chi connectivity index (χ1v) is 14.2. The van der Waals surface area contributed by atoms with Gasteiger partial charge in [0.1, 0.15) is 23.6 Å². The fourth-order valence-electron chi connectivity index (χ4n) is 5.25. The molecule has 0 spiro atoms. The summed E-state index contributed by atoms with van der Waals surface area (Å²) < 4.78 is 17.3. The number of carbonyl (C=O) groups excluding carboxylic acids is 1. The van der Waals surface area contributed by atoms with Crippen LogP contribution >= 0.6 is 0 Å². The van der Waals surface area contributed by atoms with Gasteiger partial charge in [-0.3, -0.25) is 9.78 Å². The van der Waals surface area contributed by atoms with E-state index in [4.69, 9.17) is 24.2 Å². The molecule has 2 fully saturated rings. The first-order valence-electron chi connectivity index (χ1n) is 14.2. The lowest BCUT2D eigenvalue weighted by Gasteiger charge is -2.34. The molecule has 0 radical (unpaired) electrons. The van der Waals surface area contributed by atoms with Gasteiger partial charge in [-0.15, -0.1) is 0 Å². The number of ether oxygens (including phenoxy) is 3. The van der Waals surface area contributed by atoms with Crippen LogP contribution in [0.1, 0.15) is 39.5 Å². The molecule has 0 unspecified atom stereocenters. The van der Waals surface area contributed by atoms with Gasteiger partial charge < -0.3 is 29.3 Å². The van der Waals surface area contributed by atoms with E-state index in [-0.39, 0.29) is 18.0 Å². The molecule has 0 aliphatic carbocycles. The number of para-hydroxylation sites is 2. The minimum absolute atomic E-state index is 0.0232. The van der Waals surface area contributed by atoms with Crippen molar-refractivity contribution in [2.24, 2.45) is 5.92 Å². The monoisotopic (exact) mass is 546 g/mol. The Morgan fingerprint density at radius 3 is 2.48 bits per heavy atom. The van der Waals surface area contributed by atoms with Crippen molar-refractivity contribution < 1.29 is 19.0 Å². The van der Waals surface area contributed by atoms with Crippen LogP contribution < -0.4 is 24.6 Å². The van der Waals surface area contributed by atoms with Gasteiger partial charge in [0.2, 0.25) is 0 Å². The minimum Gasteiger partial charge on any atom is -0.490 e. The van der Waals surface area contributed by atoms with Gasteiger partial charge in [-0.25, -0.2) is 9.97 Å². The number of nitrogens with zero attached hydrogens (tertiary/aromatic N) is 5. The van der Waals surface area contributed by atoms with Crippen molar-refractivity contribution in [2.75, 3.05) is 54.5 Å². The predicted molar refractivity (Wildman–Crippen MR) is 155 cm³/mol. The van der Waals surface area contributed by atoms with Crippen LogP contribution in [0.2, 0.25) is 0 Å². The van der Waals surface area contributed by atoms with Crippen LogP contribution in [0, 0.1) is 5.92 Å². The second kappa shape index (κ2) is 13.3. The molecular weight excluding hydrogens is 508 g/mol. The molecule has 10 heteroatoms. The fraction of sp³-hybridized carbons (Fsp3) is 0.467. The molecular formula is C30H38N6O4. The zero-order chi connectivity index (χ0) is 27.7. The largest absolute Gasteiger partial charge is 0.490 e. The molecule has 2 aromatic heterocycles. The molecule has 1 N–H and O–H groups in total. The molecule has 212 valence electrons. The highest BCUT2D eigenvalue weighted by atomic mass is 16.5. The molecule has 10 nitrogen and oxygen atoms in total. The Bertz CT molecular complexity index is 1270. The van der Waals surface area contributed by atoms with Crippen molar-refractivity contribution >= 4 is 29.2 Å². The number of aromatic nitrogens is 3. The Morgan fingerprint density at radius 1 is 0.875 bits per heavy atom. The Morgan fingerprint density at radius 2 is 1.65 bits per heavy atom. The summed E-state index contributed by atoms with van der Waals surface area (Å²) in [5.74, 6) is 4.20. The maximum Gasteiger partial charge on any atom is 0.310 e. The highest BCUT2D eigenvalue weighted by molar-refractivity contribution is 5.73. The third-order valence-corrected chi connectivity index (χ3v) is 7.12. The number of carbonyl (C=O) groups is 1. The van der Waals surface area contributed by atoms with E-state index in [9.17, 15) is 4.79 Å². The molecule has 0 saturated carbocycles. The topological polar surface area (TPSA) is 102 Å². The second-order valence-electron chi connectivity index (χ2n) is 10.0. The van der Waals surface area contributed by atoms with Crippen LogP contribution in [-0.2, 0) is 9.53 Å². The standard InChI is InChI=1S/C30H38N6O4/c1-3-38-24-12-5-6-13-25(24)40-23-11-9-17-36(21-23)29-19-31-18-27(34-29)32-26-14-7-15-28(33-26)35-16-8-10-22(20-35)30(37)39-4-2/h5-7,12-15,18-19,22-23H,3-4,8-11,16-17,20-21H2,1-2H3,(H,32,33,34)/t22-,23-/m1/s1. The minimum atomic E-state index is -0.127. The first-order chi connectivity index (χ1) is 19.6. The molecule has 4 heterocycles. The maximum absolute atomic E-state index is 12.3. The van der Waals surface area contributed by atoms with Gasteiger partial charge in [0, 0.05) is 19.6 Å². The summed E-state index contributed by atoms with van der Waals surface area (Å²) in [4.78, 5) is 30.7. The van der Waals surface area contributed by atoms with Crippen LogP contribution in [0.3, 0.4) is 0 Å². The molecule has 5 rings (SSSR count). The van der Waals surface area contributed by atoms with E-state index in [1.807, 2.05) is 56.3 Å². The first kappa shape index (κ1) is 27.5. The van der Waals surface area contributed by atoms with Crippen LogP contribution in [0.25, 0.3) is 0 Å². The third kappa shape index (κ3) is 6.91. The van der Waals surface area contributed by atoms with Crippen LogP contribution in [0.5, 0.6) is 11.5 Å². The number of pyridine rings is 1. The normalized spacial score (nSPS) is 19.1. The van der Waals surface area contributed by atoms with Crippen molar-refractivity contribution in [1.29, 1.82) is 0 Å². The number of benzene rings is 1. The SMILES string of the molecule is CCOC(=O)[C@@H]1CCCN(c2cccc(Nc3cncc(N4CCC[C@@H](Oc5ccccc5OCC)C4)n3)n2)C1. The summed E-state index contributed by atoms with van der Waals surface area (Å²) in [5.41, 5.74) is 0. The summed E-state index contributed by atoms with van der Waals surface area (Å²) in [7, 11) is 0. The molecule has 2 atom stereocenters. The lowest BCUT2D eigenvalue weighted by Crippen LogP contribution is -2.41. The Labute approximate surface area is 235 Å². The van der Waals surface area contributed by atoms with Crippen molar-refractivity contribution in [1.82, 2.24) is 15.0 Å². The summed E-state index contributed by atoms with van der Waals surface area (Å²) >= 11 is 0. The molecule has 3 aromatic rings. The van der Waals surface area contributed by atoms with Gasteiger partial charge in [-0.2, -0.15) is 0 Å². The summed E-state index contributed by atoms with van der Waals surface area (Å²) in [6.07, 6.45) is 7.24. The lowest BCUT2D eigenvalue weighted by molar-refractivity contribution is -0.148. The van der Waals surface area contributed by atoms with Gasteiger partial charge in [0.25, 0.3) is 0 Å². The number of hydrogen-bond donors (Lipinski definition) is 1. The van der Waals surface area contributed by atoms with Crippen LogP contribution in [0.15, 0.2) is 54.9 Å². The van der Waals surface area contributed by atoms with Gasteiger partial charge in [0.15, 0.2) is 17.3 Å². The number of hydrogen-bond acceptors (Lipinski definition) is 10. The third-order valence-electron chi connectivity index (χ3n) is 7.12. The molecule has 2 aliphatic rings. The summed E-state index contributed by atoms with van der Waals surface area (Å²) in [6.45, 7) is 7.87. The Hall–Kier alpha value is -4.08. The van der Waals surface area contributed by atoms with Crippen molar-refractivity contribution in [3.63, 3.8) is 0 Å². The second-order valence-corrected chi connectivity index (χ2v) is 10.0. The lowest BCUT2D eigenvalue weighted by atomic mass is 9.98. The van der Waals surface area contributed by atoms with Gasteiger partial charge >= 0.3 is 5.97 Å². The van der Waals surface area contributed by atoms with E-state index in [1.54, 1.807) is 12.4 Å². The van der Waals surface area contributed by atoms with Crippen molar-refractivity contribution in [3.8, 4) is 11.5 Å². The quantitative estimate of drug-likeness (QED) is 0.355. The van der Waals surface area contributed by atoms with Crippen molar-refractivity contribution in [2.45, 2.75) is 45.6 Å². The van der Waals surface area contributed by atoms with E-state index in [0.29, 0.717) is 37.9 Å². The highest BCUT2D eigenvalue weighted by Crippen LogP contribution is 2.30. The van der Waals surface area contributed by atoms with Gasteiger partial charge in [0.05, 0.1) is 38.1 Å². The predicted octanol–water partition coefficient (Wildman–Crippen LogP) is 4.84. The zero-order valence-corrected chi connectivity index (χ0v) is 23.3. The molecule has 1 aromatic carbocycles. The molecule has 0 amide bonds. The average molecular weight is 547 g/mol. The number of rotatable bonds is 10. The van der Waals surface area contributed by atoms with Gasteiger partial charge in [-0.05, 0) is 63.8 Å². The molecule has 40 heavy (non-hydrogen) atoms. The number of esters is 1. The molecule has 0 bridgehead atoms. The number of anilines is 4.